The van der Waals surface area contributed by atoms with Crippen LogP contribution in [-0.4, -0.2) is 49.9 Å². The lowest BCUT2D eigenvalue weighted by atomic mass is 10.0. The van der Waals surface area contributed by atoms with Gasteiger partial charge in [0.15, 0.2) is 5.70 Å². The minimum Gasteiger partial charge on any atom is -0.509 e. The number of nitro benzene ring substituents is 1. The summed E-state index contributed by atoms with van der Waals surface area (Å²) < 4.78 is 5.21. The van der Waals surface area contributed by atoms with E-state index in [1.54, 1.807) is 0 Å². The first-order valence-corrected chi connectivity index (χ1v) is 11.4. The van der Waals surface area contributed by atoms with E-state index in [1.165, 1.54) is 47.4 Å². The number of aliphatic hydroxyl groups is 1. The van der Waals surface area contributed by atoms with Crippen molar-refractivity contribution >= 4 is 46.6 Å². The van der Waals surface area contributed by atoms with Crippen LogP contribution in [0, 0.1) is 10.1 Å². The standard InChI is InChI=1S/C20H17N3O7S2/c24-14-10-32-19-16(21-15(25)8-13-2-1-7-31-13)18(26)22(19)17(14)20(27)30-9-11-3-5-12(6-4-11)23(28)29/h1-7,16,19,24H,8-10H2,(H,21,25)/t16?,19-/m0/s1. The first-order valence-electron chi connectivity index (χ1n) is 9.44. The Morgan fingerprint density at radius 1 is 1.28 bits per heavy atom. The number of aliphatic hydroxyl groups excluding tert-OH is 1. The molecule has 0 radical (unpaired) electrons. The SMILES string of the molecule is O=C(Cc1cccs1)NC1C(=O)N2C(C(=O)OCc3ccc([N+](=O)[O-])cc3)=C(O)CS[C@@H]12. The van der Waals surface area contributed by atoms with Crippen molar-refractivity contribution in [1.29, 1.82) is 0 Å². The van der Waals surface area contributed by atoms with Crippen molar-refractivity contribution in [2.24, 2.45) is 0 Å². The lowest BCUT2D eigenvalue weighted by molar-refractivity contribution is -0.384. The third-order valence-corrected chi connectivity index (χ3v) is 7.03. The van der Waals surface area contributed by atoms with Gasteiger partial charge in [0, 0.05) is 17.0 Å². The monoisotopic (exact) mass is 475 g/mol. The summed E-state index contributed by atoms with van der Waals surface area (Å²) in [7, 11) is 0. The molecule has 1 fully saturated rings. The molecule has 4 rings (SSSR count). The summed E-state index contributed by atoms with van der Waals surface area (Å²) in [5, 5.41) is 25.0. The van der Waals surface area contributed by atoms with Crippen LogP contribution in [0.15, 0.2) is 53.2 Å². The highest BCUT2D eigenvalue weighted by atomic mass is 32.2. The molecule has 10 nitrogen and oxygen atoms in total. The van der Waals surface area contributed by atoms with E-state index in [-0.39, 0.29) is 41.8 Å². The molecule has 1 aromatic carbocycles. The Kier molecular flexibility index (Phi) is 6.15. The molecule has 0 saturated carbocycles. The molecule has 3 heterocycles. The maximum atomic E-state index is 12.7. The van der Waals surface area contributed by atoms with Crippen LogP contribution >= 0.6 is 23.1 Å². The smallest absolute Gasteiger partial charge is 0.358 e. The molecule has 2 atom stereocenters. The molecule has 1 saturated heterocycles. The molecule has 2 N–H and O–H groups in total. The zero-order chi connectivity index (χ0) is 22.8. The van der Waals surface area contributed by atoms with E-state index in [4.69, 9.17) is 4.74 Å². The maximum Gasteiger partial charge on any atom is 0.358 e. The quantitative estimate of drug-likeness (QED) is 0.269. The Morgan fingerprint density at radius 2 is 2.03 bits per heavy atom. The molecule has 0 aliphatic carbocycles. The van der Waals surface area contributed by atoms with E-state index in [2.05, 4.69) is 5.32 Å². The van der Waals surface area contributed by atoms with Crippen molar-refractivity contribution in [3.05, 3.63) is 73.8 Å². The van der Waals surface area contributed by atoms with Gasteiger partial charge >= 0.3 is 5.97 Å². The number of nitrogens with zero attached hydrogens (tertiary/aromatic N) is 2. The number of benzene rings is 1. The number of ether oxygens (including phenoxy) is 1. The number of fused-ring (bicyclic) bond motifs is 1. The van der Waals surface area contributed by atoms with E-state index in [9.17, 15) is 29.6 Å². The molecular formula is C20H17N3O7S2. The molecule has 2 amide bonds. The summed E-state index contributed by atoms with van der Waals surface area (Å²) >= 11 is 2.68. The fourth-order valence-electron chi connectivity index (χ4n) is 3.32. The van der Waals surface area contributed by atoms with Gasteiger partial charge < -0.3 is 15.2 Å². The van der Waals surface area contributed by atoms with Crippen molar-refractivity contribution in [2.75, 3.05) is 5.75 Å². The number of carbonyl (C=O) groups is 3. The van der Waals surface area contributed by atoms with Gasteiger partial charge in [0.1, 0.15) is 23.8 Å². The molecule has 166 valence electrons. The van der Waals surface area contributed by atoms with Crippen molar-refractivity contribution in [1.82, 2.24) is 10.2 Å². The van der Waals surface area contributed by atoms with Gasteiger partial charge in [0.25, 0.3) is 11.6 Å². The number of hydrogen-bond donors (Lipinski definition) is 2. The van der Waals surface area contributed by atoms with Gasteiger partial charge in [-0.25, -0.2) is 4.79 Å². The van der Waals surface area contributed by atoms with E-state index >= 15 is 0 Å². The molecule has 0 bridgehead atoms. The third kappa shape index (κ3) is 4.32. The number of nitrogens with one attached hydrogen (secondary N) is 1. The Hall–Kier alpha value is -3.38. The van der Waals surface area contributed by atoms with Crippen molar-refractivity contribution in [3.63, 3.8) is 0 Å². The third-order valence-electron chi connectivity index (χ3n) is 4.89. The van der Waals surface area contributed by atoms with Gasteiger partial charge in [-0.3, -0.25) is 24.6 Å². The maximum absolute atomic E-state index is 12.7. The average molecular weight is 476 g/mol. The minimum atomic E-state index is -0.886. The van der Waals surface area contributed by atoms with Gasteiger partial charge in [0.05, 0.1) is 17.1 Å². The van der Waals surface area contributed by atoms with Gasteiger partial charge in [0.2, 0.25) is 5.91 Å². The predicted molar refractivity (Wildman–Crippen MR) is 116 cm³/mol. The first kappa shape index (κ1) is 21.8. The molecule has 0 spiro atoms. The van der Waals surface area contributed by atoms with Crippen molar-refractivity contribution in [2.45, 2.75) is 24.4 Å². The molecule has 2 aliphatic heterocycles. The van der Waals surface area contributed by atoms with Crippen molar-refractivity contribution < 1.29 is 29.2 Å². The molecule has 1 unspecified atom stereocenters. The van der Waals surface area contributed by atoms with Crippen LogP contribution in [0.25, 0.3) is 0 Å². The van der Waals surface area contributed by atoms with Crippen molar-refractivity contribution in [3.8, 4) is 0 Å². The zero-order valence-corrected chi connectivity index (χ0v) is 18.1. The number of β-lactam (4-membered cyclic amide) rings is 1. The molecule has 2 aliphatic rings. The van der Waals surface area contributed by atoms with E-state index in [0.717, 1.165) is 9.78 Å². The second-order valence-electron chi connectivity index (χ2n) is 7.01. The summed E-state index contributed by atoms with van der Waals surface area (Å²) in [6.07, 6.45) is 0.157. The van der Waals surface area contributed by atoms with Gasteiger partial charge in [-0.2, -0.15) is 0 Å². The van der Waals surface area contributed by atoms with Crippen LogP contribution in [-0.2, 0) is 32.1 Å². The normalized spacial score (nSPS) is 19.8. The van der Waals surface area contributed by atoms with Crippen LogP contribution in [0.1, 0.15) is 10.4 Å². The number of nitro groups is 1. The van der Waals surface area contributed by atoms with Crippen LogP contribution in [0.2, 0.25) is 0 Å². The van der Waals surface area contributed by atoms with E-state index in [1.807, 2.05) is 17.5 Å². The lowest BCUT2D eigenvalue weighted by Gasteiger charge is -2.48. The Bertz CT molecular complexity index is 1100. The highest BCUT2D eigenvalue weighted by molar-refractivity contribution is 8.00. The number of carbonyl (C=O) groups excluding carboxylic acids is 3. The average Bonchev–Trinajstić information content (AvgIpc) is 3.28. The highest BCUT2D eigenvalue weighted by Gasteiger charge is 2.54. The van der Waals surface area contributed by atoms with Gasteiger partial charge in [-0.15, -0.1) is 23.1 Å². The Balaban J connectivity index is 1.38. The molecule has 32 heavy (non-hydrogen) atoms. The van der Waals surface area contributed by atoms with Crippen LogP contribution in [0.3, 0.4) is 0 Å². The Labute approximate surface area is 190 Å². The summed E-state index contributed by atoms with van der Waals surface area (Å²) in [5.74, 6) is -1.88. The second-order valence-corrected chi connectivity index (χ2v) is 9.14. The number of thioether (sulfide) groups is 1. The predicted octanol–water partition coefficient (Wildman–Crippen LogP) is 2.11. The topological polar surface area (TPSA) is 139 Å². The van der Waals surface area contributed by atoms with Gasteiger partial charge in [-0.1, -0.05) is 6.07 Å². The summed E-state index contributed by atoms with van der Waals surface area (Å²) in [4.78, 5) is 49.7. The number of esters is 1. The highest BCUT2D eigenvalue weighted by Crippen LogP contribution is 2.40. The first-order chi connectivity index (χ1) is 15.3. The lowest BCUT2D eigenvalue weighted by Crippen LogP contribution is -2.70. The zero-order valence-electron chi connectivity index (χ0n) is 16.4. The van der Waals surface area contributed by atoms with E-state index in [0.29, 0.717) is 5.56 Å². The fraction of sp³-hybridized carbons (Fsp3) is 0.250. The van der Waals surface area contributed by atoms with Crippen LogP contribution < -0.4 is 5.32 Å². The summed E-state index contributed by atoms with van der Waals surface area (Å²) in [5.41, 5.74) is 0.176. The number of amides is 2. The number of hydrogen-bond acceptors (Lipinski definition) is 9. The summed E-state index contributed by atoms with van der Waals surface area (Å²) in [6.45, 7) is -0.186. The Morgan fingerprint density at radius 3 is 2.69 bits per heavy atom. The fourth-order valence-corrected chi connectivity index (χ4v) is 5.22. The van der Waals surface area contributed by atoms with Gasteiger partial charge in [-0.05, 0) is 29.1 Å². The largest absolute Gasteiger partial charge is 0.509 e. The second kappa shape index (κ2) is 9.01. The van der Waals surface area contributed by atoms with Crippen LogP contribution in [0.5, 0.6) is 0 Å². The molecular weight excluding hydrogens is 458 g/mol. The molecule has 1 aromatic heterocycles. The molecule has 12 heteroatoms. The number of non-ortho nitro benzene ring substituents is 1. The number of rotatable bonds is 7. The van der Waals surface area contributed by atoms with E-state index < -0.39 is 28.2 Å². The summed E-state index contributed by atoms with van der Waals surface area (Å²) in [6, 6.07) is 8.35. The van der Waals surface area contributed by atoms with Crippen LogP contribution in [0.4, 0.5) is 5.69 Å². The molecule has 2 aromatic rings. The minimum absolute atomic E-state index is 0.0910. The number of thiophene rings is 1.